The molecular weight excluding hydrogens is 416 g/mol. The van der Waals surface area contributed by atoms with E-state index >= 15 is 0 Å². The molecule has 8 heteroatoms. The summed E-state index contributed by atoms with van der Waals surface area (Å²) >= 11 is 0. The zero-order valence-electron chi connectivity index (χ0n) is 19.0. The average molecular weight is 445 g/mol. The number of H-pyrrole nitrogens is 1. The molecule has 5 rings (SSSR count). The van der Waals surface area contributed by atoms with Gasteiger partial charge in [0.15, 0.2) is 0 Å². The number of benzene rings is 1. The number of aromatic amines is 1. The molecule has 4 heterocycles. The molecule has 1 aliphatic rings. The summed E-state index contributed by atoms with van der Waals surface area (Å²) in [6, 6.07) is 11.8. The van der Waals surface area contributed by atoms with Gasteiger partial charge in [-0.15, -0.1) is 0 Å². The molecule has 33 heavy (non-hydrogen) atoms. The van der Waals surface area contributed by atoms with Crippen molar-refractivity contribution in [1.29, 1.82) is 0 Å². The molecule has 1 saturated heterocycles. The highest BCUT2D eigenvalue weighted by Crippen LogP contribution is 2.32. The number of nitrogens with zero attached hydrogens (tertiary/aromatic N) is 5. The number of hydrogen-bond acceptors (Lipinski definition) is 6. The van der Waals surface area contributed by atoms with E-state index in [4.69, 9.17) is 0 Å². The fraction of sp³-hybridized carbons (Fsp3) is 0.360. The number of amides is 1. The van der Waals surface area contributed by atoms with Gasteiger partial charge < -0.3 is 19.9 Å². The summed E-state index contributed by atoms with van der Waals surface area (Å²) in [6.45, 7) is 3.44. The highest BCUT2D eigenvalue weighted by molar-refractivity contribution is 5.91. The highest BCUT2D eigenvalue weighted by Gasteiger charge is 2.38. The van der Waals surface area contributed by atoms with Gasteiger partial charge in [0.05, 0.1) is 23.1 Å². The van der Waals surface area contributed by atoms with E-state index in [9.17, 15) is 9.90 Å². The van der Waals surface area contributed by atoms with Gasteiger partial charge in [-0.2, -0.15) is 0 Å². The van der Waals surface area contributed by atoms with Crippen molar-refractivity contribution in [3.8, 4) is 0 Å². The van der Waals surface area contributed by atoms with E-state index in [-0.39, 0.29) is 5.91 Å². The van der Waals surface area contributed by atoms with Crippen molar-refractivity contribution in [3.05, 3.63) is 60.3 Å². The Kier molecular flexibility index (Phi) is 5.46. The van der Waals surface area contributed by atoms with Gasteiger partial charge in [0.2, 0.25) is 5.91 Å². The Balaban J connectivity index is 1.22. The number of pyridine rings is 2. The lowest BCUT2D eigenvalue weighted by Crippen LogP contribution is -2.46. The number of carbonyl (C=O) groups is 1. The lowest BCUT2D eigenvalue weighted by atomic mass is 10.0. The molecule has 2 N–H and O–H groups in total. The van der Waals surface area contributed by atoms with Crippen molar-refractivity contribution in [3.63, 3.8) is 0 Å². The van der Waals surface area contributed by atoms with Gasteiger partial charge in [0.25, 0.3) is 0 Å². The number of hydrogen-bond donors (Lipinski definition) is 2. The van der Waals surface area contributed by atoms with E-state index in [1.807, 2.05) is 49.5 Å². The Labute approximate surface area is 192 Å². The molecule has 0 saturated carbocycles. The predicted octanol–water partition coefficient (Wildman–Crippen LogP) is 2.85. The predicted molar refractivity (Wildman–Crippen MR) is 128 cm³/mol. The van der Waals surface area contributed by atoms with Crippen molar-refractivity contribution in [1.82, 2.24) is 24.8 Å². The summed E-state index contributed by atoms with van der Waals surface area (Å²) in [7, 11) is 1.76. The third-order valence-electron chi connectivity index (χ3n) is 6.36. The first-order valence-electron chi connectivity index (χ1n) is 11.3. The Morgan fingerprint density at radius 1 is 1.24 bits per heavy atom. The minimum absolute atomic E-state index is 0.00302. The second kappa shape index (κ2) is 8.44. The quantitative estimate of drug-likeness (QED) is 0.475. The molecule has 0 spiro atoms. The number of para-hydroxylation sites is 2. The SMILES string of the molecule is Cc1cc(N2CC[C@](O)(CN(C)C(=O)CCc3nc4ccccc4[nH]3)C2)c2cnccc2n1. The first kappa shape index (κ1) is 21.3. The van der Waals surface area contributed by atoms with Gasteiger partial charge in [-0.05, 0) is 37.6 Å². The number of imidazole rings is 1. The molecule has 170 valence electrons. The van der Waals surface area contributed by atoms with Crippen molar-refractivity contribution >= 4 is 33.5 Å². The Bertz CT molecular complexity index is 1290. The lowest BCUT2D eigenvalue weighted by Gasteiger charge is -2.29. The fourth-order valence-corrected chi connectivity index (χ4v) is 4.70. The minimum Gasteiger partial charge on any atom is -0.386 e. The number of anilines is 1. The normalized spacial score (nSPS) is 18.3. The van der Waals surface area contributed by atoms with Crippen LogP contribution in [0, 0.1) is 6.92 Å². The maximum absolute atomic E-state index is 12.8. The summed E-state index contributed by atoms with van der Waals surface area (Å²) in [6.07, 6.45) is 5.04. The van der Waals surface area contributed by atoms with Crippen molar-refractivity contribution in [2.75, 3.05) is 31.6 Å². The van der Waals surface area contributed by atoms with Crippen LogP contribution in [0.3, 0.4) is 0 Å². The maximum atomic E-state index is 12.8. The molecule has 0 radical (unpaired) electrons. The number of aliphatic hydroxyl groups is 1. The molecule has 0 bridgehead atoms. The second-order valence-corrected chi connectivity index (χ2v) is 9.02. The first-order chi connectivity index (χ1) is 15.9. The highest BCUT2D eigenvalue weighted by atomic mass is 16.3. The number of fused-ring (bicyclic) bond motifs is 2. The van der Waals surface area contributed by atoms with Crippen LogP contribution in [0.25, 0.3) is 21.9 Å². The average Bonchev–Trinajstić information content (AvgIpc) is 3.40. The smallest absolute Gasteiger partial charge is 0.222 e. The minimum atomic E-state index is -0.963. The Morgan fingerprint density at radius 3 is 2.94 bits per heavy atom. The van der Waals surface area contributed by atoms with Crippen LogP contribution in [0.15, 0.2) is 48.8 Å². The fourth-order valence-electron chi connectivity index (χ4n) is 4.70. The molecular formula is C25H28N6O2. The number of aromatic nitrogens is 4. The molecule has 0 unspecified atom stereocenters. The van der Waals surface area contributed by atoms with Crippen LogP contribution in [0.4, 0.5) is 5.69 Å². The molecule has 1 amide bonds. The standard InChI is InChI=1S/C25H28N6O2/c1-17-13-22(18-14-26-11-9-19(18)27-17)31-12-10-25(33,16-31)15-30(2)24(32)8-7-23-28-20-5-3-4-6-21(20)29-23/h3-6,9,11,13-14,33H,7-8,10,12,15-16H2,1-2H3,(H,28,29)/t25-/m0/s1. The van der Waals surface area contributed by atoms with E-state index in [2.05, 4.69) is 24.8 Å². The largest absolute Gasteiger partial charge is 0.386 e. The van der Waals surface area contributed by atoms with Crippen LogP contribution >= 0.6 is 0 Å². The van der Waals surface area contributed by atoms with Gasteiger partial charge in [-0.3, -0.25) is 14.8 Å². The molecule has 3 aromatic heterocycles. The summed E-state index contributed by atoms with van der Waals surface area (Å²) in [4.78, 5) is 33.2. The summed E-state index contributed by atoms with van der Waals surface area (Å²) in [5.74, 6) is 0.800. The van der Waals surface area contributed by atoms with Crippen molar-refractivity contribution in [2.45, 2.75) is 31.8 Å². The number of nitrogens with one attached hydrogen (secondary N) is 1. The Hall–Kier alpha value is -3.52. The van der Waals surface area contributed by atoms with E-state index < -0.39 is 5.60 Å². The molecule has 1 aromatic carbocycles. The molecule has 8 nitrogen and oxygen atoms in total. The molecule has 1 aliphatic heterocycles. The number of carbonyl (C=O) groups excluding carboxylic acids is 1. The summed E-state index contributed by atoms with van der Waals surface area (Å²) in [5, 5.41) is 12.3. The molecule has 0 aliphatic carbocycles. The molecule has 1 atom stereocenters. The Morgan fingerprint density at radius 2 is 2.09 bits per heavy atom. The van der Waals surface area contributed by atoms with Crippen LogP contribution in [-0.4, -0.2) is 68.1 Å². The lowest BCUT2D eigenvalue weighted by molar-refractivity contribution is -0.132. The third-order valence-corrected chi connectivity index (χ3v) is 6.36. The third kappa shape index (κ3) is 4.39. The van der Waals surface area contributed by atoms with E-state index in [0.29, 0.717) is 38.9 Å². The van der Waals surface area contributed by atoms with Gasteiger partial charge >= 0.3 is 0 Å². The number of rotatable bonds is 6. The van der Waals surface area contributed by atoms with Crippen molar-refractivity contribution < 1.29 is 9.90 Å². The molecule has 4 aromatic rings. The zero-order valence-corrected chi connectivity index (χ0v) is 19.0. The van der Waals surface area contributed by atoms with E-state index in [0.717, 1.165) is 39.1 Å². The molecule has 1 fully saturated rings. The summed E-state index contributed by atoms with van der Waals surface area (Å²) < 4.78 is 0. The monoisotopic (exact) mass is 444 g/mol. The van der Waals surface area contributed by atoms with Gasteiger partial charge in [-0.25, -0.2) is 4.98 Å². The number of β-amino-alcohol motifs (C(OH)–C–C–N with tert-alkyl or cyclic N) is 1. The summed E-state index contributed by atoms with van der Waals surface area (Å²) in [5.41, 5.74) is 3.77. The van der Waals surface area contributed by atoms with Crippen LogP contribution < -0.4 is 4.90 Å². The maximum Gasteiger partial charge on any atom is 0.222 e. The van der Waals surface area contributed by atoms with Crippen LogP contribution in [0.5, 0.6) is 0 Å². The van der Waals surface area contributed by atoms with E-state index in [1.165, 1.54) is 0 Å². The van der Waals surface area contributed by atoms with Gasteiger partial charge in [-0.1, -0.05) is 12.1 Å². The van der Waals surface area contributed by atoms with Gasteiger partial charge in [0.1, 0.15) is 11.4 Å². The van der Waals surface area contributed by atoms with Gasteiger partial charge in [0, 0.05) is 62.1 Å². The number of aryl methyl sites for hydroxylation is 2. The first-order valence-corrected chi connectivity index (χ1v) is 11.3. The van der Waals surface area contributed by atoms with Crippen LogP contribution in [0.2, 0.25) is 0 Å². The second-order valence-electron chi connectivity index (χ2n) is 9.02. The van der Waals surface area contributed by atoms with Crippen LogP contribution in [0.1, 0.15) is 24.4 Å². The van der Waals surface area contributed by atoms with Crippen molar-refractivity contribution in [2.24, 2.45) is 0 Å². The topological polar surface area (TPSA) is 98.2 Å². The van der Waals surface area contributed by atoms with E-state index in [1.54, 1.807) is 18.1 Å². The zero-order chi connectivity index (χ0) is 23.0. The van der Waals surface area contributed by atoms with Crippen LogP contribution in [-0.2, 0) is 11.2 Å². The number of likely N-dealkylation sites (N-methyl/N-ethyl adjacent to an activating group) is 1.